The molecule has 1 fully saturated rings. The van der Waals surface area contributed by atoms with Crippen LogP contribution in [0.2, 0.25) is 0 Å². The van der Waals surface area contributed by atoms with E-state index in [0.717, 1.165) is 14.6 Å². The number of halogens is 1. The third-order valence-corrected chi connectivity index (χ3v) is 3.73. The van der Waals surface area contributed by atoms with Crippen molar-refractivity contribution in [3.8, 4) is 0 Å². The van der Waals surface area contributed by atoms with Crippen LogP contribution in [0.3, 0.4) is 0 Å². The predicted molar refractivity (Wildman–Crippen MR) is 75.1 cm³/mol. The number of aromatic nitrogens is 3. The minimum atomic E-state index is -0.482. The summed E-state index contributed by atoms with van der Waals surface area (Å²) in [6, 6.07) is 1.96. The van der Waals surface area contributed by atoms with Gasteiger partial charge in [-0.05, 0) is 42.5 Å². The second-order valence-corrected chi connectivity index (χ2v) is 5.99. The van der Waals surface area contributed by atoms with Gasteiger partial charge in [-0.3, -0.25) is 9.67 Å². The maximum absolute atomic E-state index is 5.77. The van der Waals surface area contributed by atoms with E-state index in [0.29, 0.717) is 13.2 Å². The van der Waals surface area contributed by atoms with Gasteiger partial charge >= 0.3 is 0 Å². The number of rotatable bonds is 2. The van der Waals surface area contributed by atoms with Crippen LogP contribution in [0.4, 0.5) is 0 Å². The highest BCUT2D eigenvalue weighted by atomic mass is 127. The van der Waals surface area contributed by atoms with Gasteiger partial charge in [-0.15, -0.1) is 0 Å². The van der Waals surface area contributed by atoms with Gasteiger partial charge in [0.25, 0.3) is 0 Å². The standard InChI is InChI=1S/C12H14IN3O2/c1-12(2)17-7-8(18-12)5-16-6-10-11(15-16)9(13)3-4-14-10/h3-4,6,8H,5,7H2,1-2H3. The van der Waals surface area contributed by atoms with E-state index >= 15 is 0 Å². The Hall–Kier alpha value is -0.730. The van der Waals surface area contributed by atoms with Gasteiger partial charge in [0.2, 0.25) is 0 Å². The molecule has 0 amide bonds. The fourth-order valence-electron chi connectivity index (χ4n) is 2.09. The first-order valence-electron chi connectivity index (χ1n) is 5.83. The minimum absolute atomic E-state index is 0.0481. The van der Waals surface area contributed by atoms with E-state index in [4.69, 9.17) is 9.47 Å². The van der Waals surface area contributed by atoms with Crippen molar-refractivity contribution in [2.75, 3.05) is 6.61 Å². The lowest BCUT2D eigenvalue weighted by atomic mass is 10.4. The van der Waals surface area contributed by atoms with Crippen LogP contribution in [0.1, 0.15) is 13.8 Å². The number of pyridine rings is 1. The first kappa shape index (κ1) is 12.3. The molecule has 2 aromatic heterocycles. The number of nitrogens with zero attached hydrogens (tertiary/aromatic N) is 3. The number of hydrogen-bond acceptors (Lipinski definition) is 4. The molecule has 0 bridgehead atoms. The average Bonchev–Trinajstić information content (AvgIpc) is 2.83. The molecule has 6 heteroatoms. The van der Waals surface area contributed by atoms with Crippen LogP contribution < -0.4 is 0 Å². The average molecular weight is 359 g/mol. The van der Waals surface area contributed by atoms with Gasteiger partial charge in [0, 0.05) is 9.77 Å². The van der Waals surface area contributed by atoms with Crippen molar-refractivity contribution < 1.29 is 9.47 Å². The van der Waals surface area contributed by atoms with Crippen molar-refractivity contribution in [2.24, 2.45) is 0 Å². The van der Waals surface area contributed by atoms with E-state index in [-0.39, 0.29) is 6.10 Å². The molecule has 3 heterocycles. The molecule has 96 valence electrons. The summed E-state index contributed by atoms with van der Waals surface area (Å²) in [6.45, 7) is 5.15. The third-order valence-electron chi connectivity index (χ3n) is 2.86. The highest BCUT2D eigenvalue weighted by Crippen LogP contribution is 2.24. The Labute approximate surface area is 119 Å². The zero-order valence-electron chi connectivity index (χ0n) is 10.3. The Kier molecular flexibility index (Phi) is 3.03. The molecule has 1 saturated heterocycles. The number of hydrogen-bond donors (Lipinski definition) is 0. The molecule has 1 aliphatic rings. The highest BCUT2D eigenvalue weighted by molar-refractivity contribution is 14.1. The van der Waals surface area contributed by atoms with E-state index in [1.807, 2.05) is 30.8 Å². The maximum atomic E-state index is 5.77. The lowest BCUT2D eigenvalue weighted by molar-refractivity contribution is -0.139. The molecule has 1 atom stereocenters. The zero-order valence-corrected chi connectivity index (χ0v) is 12.4. The van der Waals surface area contributed by atoms with Crippen LogP contribution in [0, 0.1) is 3.57 Å². The zero-order chi connectivity index (χ0) is 12.8. The Morgan fingerprint density at radius 1 is 1.56 bits per heavy atom. The quantitative estimate of drug-likeness (QED) is 0.772. The topological polar surface area (TPSA) is 49.2 Å². The van der Waals surface area contributed by atoms with E-state index in [1.54, 1.807) is 6.20 Å². The first-order chi connectivity index (χ1) is 8.53. The Morgan fingerprint density at radius 2 is 2.39 bits per heavy atom. The molecule has 2 aromatic rings. The van der Waals surface area contributed by atoms with Crippen LogP contribution in [0.25, 0.3) is 11.0 Å². The lowest BCUT2D eigenvalue weighted by Gasteiger charge is -2.16. The number of fused-ring (bicyclic) bond motifs is 1. The van der Waals surface area contributed by atoms with Crippen molar-refractivity contribution >= 4 is 33.6 Å². The van der Waals surface area contributed by atoms with E-state index in [2.05, 4.69) is 32.7 Å². The maximum Gasteiger partial charge on any atom is 0.163 e. The summed E-state index contributed by atoms with van der Waals surface area (Å²) in [4.78, 5) is 4.31. The fourth-order valence-corrected chi connectivity index (χ4v) is 2.64. The van der Waals surface area contributed by atoms with Crippen LogP contribution in [-0.2, 0) is 16.0 Å². The third kappa shape index (κ3) is 2.36. The lowest BCUT2D eigenvalue weighted by Crippen LogP contribution is -2.24. The summed E-state index contributed by atoms with van der Waals surface area (Å²) in [5, 5.41) is 4.53. The predicted octanol–water partition coefficient (Wildman–Crippen LogP) is 2.19. The highest BCUT2D eigenvalue weighted by Gasteiger charge is 2.32. The summed E-state index contributed by atoms with van der Waals surface area (Å²) in [5.41, 5.74) is 1.86. The second-order valence-electron chi connectivity index (χ2n) is 4.83. The summed E-state index contributed by atoms with van der Waals surface area (Å²) >= 11 is 2.27. The molecule has 1 aliphatic heterocycles. The van der Waals surface area contributed by atoms with Crippen molar-refractivity contribution in [2.45, 2.75) is 32.3 Å². The smallest absolute Gasteiger partial charge is 0.163 e. The van der Waals surface area contributed by atoms with Gasteiger partial charge < -0.3 is 9.47 Å². The Bertz CT molecular complexity index is 582. The molecule has 0 spiro atoms. The van der Waals surface area contributed by atoms with Crippen LogP contribution in [-0.4, -0.2) is 33.3 Å². The molecule has 5 nitrogen and oxygen atoms in total. The first-order valence-corrected chi connectivity index (χ1v) is 6.91. The normalized spacial score (nSPS) is 22.7. The summed E-state index contributed by atoms with van der Waals surface area (Å²) in [5.74, 6) is -0.482. The monoisotopic (exact) mass is 359 g/mol. The molecule has 0 radical (unpaired) electrons. The van der Waals surface area contributed by atoms with E-state index in [1.165, 1.54) is 0 Å². The molecule has 0 aliphatic carbocycles. The van der Waals surface area contributed by atoms with Gasteiger partial charge in [-0.2, -0.15) is 5.10 Å². The molecule has 0 N–H and O–H groups in total. The number of ether oxygens (including phenoxy) is 2. The van der Waals surface area contributed by atoms with E-state index in [9.17, 15) is 0 Å². The molecule has 0 aromatic carbocycles. The Balaban J connectivity index is 1.81. The fraction of sp³-hybridized carbons (Fsp3) is 0.500. The second kappa shape index (κ2) is 4.43. The van der Waals surface area contributed by atoms with Crippen molar-refractivity contribution in [1.29, 1.82) is 0 Å². The van der Waals surface area contributed by atoms with Gasteiger partial charge in [0.1, 0.15) is 17.1 Å². The van der Waals surface area contributed by atoms with Crippen LogP contribution in [0.15, 0.2) is 18.5 Å². The minimum Gasteiger partial charge on any atom is -0.348 e. The van der Waals surface area contributed by atoms with Crippen LogP contribution in [0.5, 0.6) is 0 Å². The summed E-state index contributed by atoms with van der Waals surface area (Å²) in [7, 11) is 0. The van der Waals surface area contributed by atoms with Gasteiger partial charge in [-0.25, -0.2) is 0 Å². The molecular formula is C12H14IN3O2. The van der Waals surface area contributed by atoms with Crippen molar-refractivity contribution in [3.63, 3.8) is 0 Å². The molecule has 3 rings (SSSR count). The van der Waals surface area contributed by atoms with Gasteiger partial charge in [0.15, 0.2) is 5.79 Å². The SMILES string of the molecule is CC1(C)OCC(Cn2cc3nccc(I)c3n2)O1. The molecule has 0 saturated carbocycles. The van der Waals surface area contributed by atoms with Gasteiger partial charge in [0.05, 0.1) is 19.3 Å². The summed E-state index contributed by atoms with van der Waals surface area (Å²) < 4.78 is 14.3. The largest absolute Gasteiger partial charge is 0.348 e. The molecular weight excluding hydrogens is 345 g/mol. The summed E-state index contributed by atoms with van der Waals surface area (Å²) in [6.07, 6.45) is 3.80. The van der Waals surface area contributed by atoms with Crippen LogP contribution >= 0.6 is 22.6 Å². The van der Waals surface area contributed by atoms with Crippen molar-refractivity contribution in [3.05, 3.63) is 22.0 Å². The molecule has 1 unspecified atom stereocenters. The Morgan fingerprint density at radius 3 is 3.06 bits per heavy atom. The molecule has 18 heavy (non-hydrogen) atoms. The van der Waals surface area contributed by atoms with Crippen molar-refractivity contribution in [1.82, 2.24) is 14.8 Å². The van der Waals surface area contributed by atoms with Gasteiger partial charge in [-0.1, -0.05) is 0 Å². The van der Waals surface area contributed by atoms with E-state index < -0.39 is 5.79 Å².